The largest absolute Gasteiger partial charge is 0.350 e. The van der Waals surface area contributed by atoms with Gasteiger partial charge in [-0.15, -0.1) is 0 Å². The summed E-state index contributed by atoms with van der Waals surface area (Å²) in [6.07, 6.45) is 0.257. The van der Waals surface area contributed by atoms with Gasteiger partial charge < -0.3 is 5.32 Å². The zero-order valence-electron chi connectivity index (χ0n) is 15.7. The predicted molar refractivity (Wildman–Crippen MR) is 109 cm³/mol. The molecule has 0 bridgehead atoms. The van der Waals surface area contributed by atoms with Crippen LogP contribution in [-0.4, -0.2) is 28.7 Å². The number of nitrogens with one attached hydrogen (secondary N) is 1. The van der Waals surface area contributed by atoms with Crippen molar-refractivity contribution in [1.82, 2.24) is 10.2 Å². The number of benzene rings is 3. The summed E-state index contributed by atoms with van der Waals surface area (Å²) in [6, 6.07) is 24.7. The van der Waals surface area contributed by atoms with Crippen LogP contribution in [0.25, 0.3) is 0 Å². The minimum Gasteiger partial charge on any atom is -0.350 e. The summed E-state index contributed by atoms with van der Waals surface area (Å²) < 4.78 is 0. The van der Waals surface area contributed by atoms with E-state index in [0.717, 1.165) is 16.0 Å². The second-order valence-electron chi connectivity index (χ2n) is 6.93. The number of imide groups is 1. The highest BCUT2D eigenvalue weighted by Crippen LogP contribution is 2.26. The van der Waals surface area contributed by atoms with Gasteiger partial charge in [-0.1, -0.05) is 72.8 Å². The van der Waals surface area contributed by atoms with Crippen LogP contribution in [0.15, 0.2) is 84.9 Å². The van der Waals surface area contributed by atoms with E-state index in [2.05, 4.69) is 5.32 Å². The van der Waals surface area contributed by atoms with E-state index in [-0.39, 0.29) is 12.3 Å². The van der Waals surface area contributed by atoms with Crippen LogP contribution in [0.3, 0.4) is 0 Å². The molecular formula is C24H20N2O3. The molecule has 1 aliphatic rings. The van der Waals surface area contributed by atoms with Gasteiger partial charge in [0.1, 0.15) is 6.04 Å². The molecule has 0 saturated carbocycles. The molecule has 0 fully saturated rings. The maximum absolute atomic E-state index is 13.1. The molecule has 5 heteroatoms. The number of carbonyl (C=O) groups is 3. The minimum absolute atomic E-state index is 0.257. The third-order valence-electron chi connectivity index (χ3n) is 5.02. The Labute approximate surface area is 169 Å². The summed E-state index contributed by atoms with van der Waals surface area (Å²) >= 11 is 0. The molecule has 3 aromatic carbocycles. The normalized spacial score (nSPS) is 13.9. The van der Waals surface area contributed by atoms with Crippen LogP contribution < -0.4 is 5.32 Å². The number of carbonyl (C=O) groups excluding carboxylic acids is 3. The number of rotatable bonds is 6. The highest BCUT2D eigenvalue weighted by molar-refractivity contribution is 6.22. The Kier molecular flexibility index (Phi) is 5.20. The molecule has 1 aliphatic heterocycles. The predicted octanol–water partition coefficient (Wildman–Crippen LogP) is 3.21. The van der Waals surface area contributed by atoms with Gasteiger partial charge in [-0.05, 0) is 23.3 Å². The van der Waals surface area contributed by atoms with Crippen molar-refractivity contribution in [2.75, 3.05) is 0 Å². The van der Waals surface area contributed by atoms with Crippen LogP contribution >= 0.6 is 0 Å². The molecule has 144 valence electrons. The monoisotopic (exact) mass is 384 g/mol. The molecule has 0 radical (unpaired) electrons. The average molecular weight is 384 g/mol. The third kappa shape index (κ3) is 3.80. The molecule has 1 heterocycles. The van der Waals surface area contributed by atoms with E-state index in [1.54, 1.807) is 24.3 Å². The fourth-order valence-corrected chi connectivity index (χ4v) is 3.53. The quantitative estimate of drug-likeness (QED) is 0.664. The van der Waals surface area contributed by atoms with Gasteiger partial charge in [0.25, 0.3) is 11.8 Å². The first-order valence-corrected chi connectivity index (χ1v) is 9.47. The van der Waals surface area contributed by atoms with Gasteiger partial charge in [-0.25, -0.2) is 0 Å². The van der Waals surface area contributed by atoms with Gasteiger partial charge in [0.15, 0.2) is 0 Å². The number of fused-ring (bicyclic) bond motifs is 1. The Morgan fingerprint density at radius 3 is 1.76 bits per heavy atom. The molecule has 5 nitrogen and oxygen atoms in total. The summed E-state index contributed by atoms with van der Waals surface area (Å²) in [7, 11) is 0. The van der Waals surface area contributed by atoms with Crippen LogP contribution in [0, 0.1) is 0 Å². The van der Waals surface area contributed by atoms with Gasteiger partial charge >= 0.3 is 0 Å². The van der Waals surface area contributed by atoms with Crippen LogP contribution in [0.1, 0.15) is 31.8 Å². The standard InChI is InChI=1S/C24H20N2O3/c27-22(25-16-18-11-5-2-6-12-18)21(15-17-9-3-1-4-10-17)26-23(28)19-13-7-8-14-20(19)24(26)29/h1-14,21H,15-16H2,(H,25,27)/t21-/m1/s1. The first-order valence-electron chi connectivity index (χ1n) is 9.47. The van der Waals surface area contributed by atoms with Gasteiger partial charge in [0.05, 0.1) is 11.1 Å². The molecular weight excluding hydrogens is 364 g/mol. The number of hydrogen-bond donors (Lipinski definition) is 1. The Morgan fingerprint density at radius 2 is 1.21 bits per heavy atom. The van der Waals surface area contributed by atoms with Crippen LogP contribution in [0.4, 0.5) is 0 Å². The zero-order valence-corrected chi connectivity index (χ0v) is 15.7. The third-order valence-corrected chi connectivity index (χ3v) is 5.02. The van der Waals surface area contributed by atoms with E-state index in [9.17, 15) is 14.4 Å². The zero-order chi connectivity index (χ0) is 20.2. The first kappa shape index (κ1) is 18.6. The highest BCUT2D eigenvalue weighted by atomic mass is 16.2. The second kappa shape index (κ2) is 8.10. The molecule has 0 unspecified atom stereocenters. The lowest BCUT2D eigenvalue weighted by atomic mass is 10.0. The number of nitrogens with zero attached hydrogens (tertiary/aromatic N) is 1. The summed E-state index contributed by atoms with van der Waals surface area (Å²) in [5, 5.41) is 2.88. The SMILES string of the molecule is O=C(NCc1ccccc1)[C@@H](Cc1ccccc1)N1C(=O)c2ccccc2C1=O. The molecule has 0 aliphatic carbocycles. The molecule has 3 amide bonds. The van der Waals surface area contributed by atoms with Crippen LogP contribution in [0.5, 0.6) is 0 Å². The summed E-state index contributed by atoms with van der Waals surface area (Å²) in [5.41, 5.74) is 2.50. The van der Waals surface area contributed by atoms with Crippen molar-refractivity contribution in [2.45, 2.75) is 19.0 Å². The Balaban J connectivity index is 1.61. The van der Waals surface area contributed by atoms with E-state index in [4.69, 9.17) is 0 Å². The van der Waals surface area contributed by atoms with Crippen LogP contribution in [-0.2, 0) is 17.8 Å². The van der Waals surface area contributed by atoms with Crippen molar-refractivity contribution in [3.05, 3.63) is 107 Å². The minimum atomic E-state index is -0.923. The van der Waals surface area contributed by atoms with E-state index in [0.29, 0.717) is 17.7 Å². The van der Waals surface area contributed by atoms with Crippen molar-refractivity contribution in [1.29, 1.82) is 0 Å². The number of amides is 3. The molecule has 1 atom stereocenters. The molecule has 1 N–H and O–H groups in total. The van der Waals surface area contributed by atoms with Crippen LogP contribution in [0.2, 0.25) is 0 Å². The first-order chi connectivity index (χ1) is 14.1. The van der Waals surface area contributed by atoms with E-state index < -0.39 is 17.9 Å². The van der Waals surface area contributed by atoms with Crippen molar-refractivity contribution >= 4 is 17.7 Å². The molecule has 0 aromatic heterocycles. The van der Waals surface area contributed by atoms with E-state index in [1.165, 1.54) is 0 Å². The fraction of sp³-hybridized carbons (Fsp3) is 0.125. The van der Waals surface area contributed by atoms with Crippen molar-refractivity contribution in [2.24, 2.45) is 0 Å². The summed E-state index contributed by atoms with van der Waals surface area (Å²) in [5.74, 6) is -1.21. The summed E-state index contributed by atoms with van der Waals surface area (Å²) in [4.78, 5) is 40.1. The Bertz CT molecular complexity index is 1010. The molecule has 3 aromatic rings. The molecule has 0 saturated heterocycles. The highest BCUT2D eigenvalue weighted by Gasteiger charge is 2.42. The van der Waals surface area contributed by atoms with E-state index in [1.807, 2.05) is 60.7 Å². The van der Waals surface area contributed by atoms with Crippen molar-refractivity contribution in [3.63, 3.8) is 0 Å². The topological polar surface area (TPSA) is 66.5 Å². The lowest BCUT2D eigenvalue weighted by Gasteiger charge is -2.25. The maximum atomic E-state index is 13.1. The number of hydrogen-bond acceptors (Lipinski definition) is 3. The van der Waals surface area contributed by atoms with Gasteiger partial charge in [0, 0.05) is 13.0 Å². The smallest absolute Gasteiger partial charge is 0.262 e. The van der Waals surface area contributed by atoms with Gasteiger partial charge in [0.2, 0.25) is 5.91 Å². The average Bonchev–Trinajstić information content (AvgIpc) is 3.02. The maximum Gasteiger partial charge on any atom is 0.262 e. The fourth-order valence-electron chi connectivity index (χ4n) is 3.53. The van der Waals surface area contributed by atoms with E-state index >= 15 is 0 Å². The Morgan fingerprint density at radius 1 is 0.724 bits per heavy atom. The van der Waals surface area contributed by atoms with Crippen molar-refractivity contribution in [3.8, 4) is 0 Å². The molecule has 29 heavy (non-hydrogen) atoms. The van der Waals surface area contributed by atoms with Gasteiger partial charge in [-0.3, -0.25) is 19.3 Å². The molecule has 4 rings (SSSR count). The van der Waals surface area contributed by atoms with Gasteiger partial charge in [-0.2, -0.15) is 0 Å². The lowest BCUT2D eigenvalue weighted by molar-refractivity contribution is -0.125. The Hall–Kier alpha value is -3.73. The molecule has 0 spiro atoms. The van der Waals surface area contributed by atoms with Crippen molar-refractivity contribution < 1.29 is 14.4 Å². The lowest BCUT2D eigenvalue weighted by Crippen LogP contribution is -2.50. The summed E-state index contributed by atoms with van der Waals surface area (Å²) in [6.45, 7) is 0.328. The second-order valence-corrected chi connectivity index (χ2v) is 6.93.